The van der Waals surface area contributed by atoms with E-state index in [0.717, 1.165) is 27.1 Å². The van der Waals surface area contributed by atoms with E-state index in [1.165, 1.54) is 17.8 Å². The summed E-state index contributed by atoms with van der Waals surface area (Å²) < 4.78 is 0. The molecule has 0 saturated carbocycles. The van der Waals surface area contributed by atoms with Crippen molar-refractivity contribution in [1.29, 1.82) is 0 Å². The summed E-state index contributed by atoms with van der Waals surface area (Å²) in [6, 6.07) is 12.7. The van der Waals surface area contributed by atoms with Crippen LogP contribution in [-0.4, -0.2) is 21.6 Å². The van der Waals surface area contributed by atoms with Crippen LogP contribution in [0.4, 0.5) is 11.4 Å². The van der Waals surface area contributed by atoms with Crippen LogP contribution in [0.15, 0.2) is 47.5 Å². The molecule has 1 N–H and O–H groups in total. The second-order valence-corrected chi connectivity index (χ2v) is 7.31. The van der Waals surface area contributed by atoms with Crippen LogP contribution in [0, 0.1) is 30.9 Å². The van der Waals surface area contributed by atoms with Gasteiger partial charge in [-0.25, -0.2) is 4.98 Å². The molecule has 0 radical (unpaired) electrons. The Morgan fingerprint density at radius 3 is 2.56 bits per heavy atom. The molecule has 6 nitrogen and oxygen atoms in total. The number of thioether (sulfide) groups is 1. The van der Waals surface area contributed by atoms with E-state index in [1.807, 2.05) is 38.1 Å². The van der Waals surface area contributed by atoms with Crippen molar-refractivity contribution in [1.82, 2.24) is 4.98 Å². The number of aromatic nitrogens is 1. The summed E-state index contributed by atoms with van der Waals surface area (Å²) in [5.74, 6) is -0.184. The predicted octanol–water partition coefficient (Wildman–Crippen LogP) is 4.80. The van der Waals surface area contributed by atoms with Crippen molar-refractivity contribution in [2.75, 3.05) is 11.1 Å². The molecule has 0 aliphatic carbocycles. The average Bonchev–Trinajstić information content (AvgIpc) is 2.62. The van der Waals surface area contributed by atoms with Gasteiger partial charge in [0.2, 0.25) is 5.91 Å². The van der Waals surface area contributed by atoms with Crippen LogP contribution in [0.25, 0.3) is 10.9 Å². The highest BCUT2D eigenvalue weighted by Gasteiger charge is 2.18. The maximum Gasteiger partial charge on any atom is 0.293 e. The molecule has 1 aromatic heterocycles. The molecule has 138 valence electrons. The summed E-state index contributed by atoms with van der Waals surface area (Å²) in [4.78, 5) is 27.7. The molecular weight excluding hydrogens is 362 g/mol. The van der Waals surface area contributed by atoms with Crippen LogP contribution < -0.4 is 5.32 Å². The normalized spacial score (nSPS) is 10.8. The fourth-order valence-corrected chi connectivity index (χ4v) is 3.65. The summed E-state index contributed by atoms with van der Waals surface area (Å²) in [6.45, 7) is 5.75. The maximum absolute atomic E-state index is 12.3. The highest BCUT2D eigenvalue weighted by Crippen LogP contribution is 2.29. The van der Waals surface area contributed by atoms with E-state index < -0.39 is 4.92 Å². The fraction of sp³-hybridized carbons (Fsp3) is 0.200. The zero-order chi connectivity index (χ0) is 19.6. The van der Waals surface area contributed by atoms with E-state index in [1.54, 1.807) is 19.1 Å². The Bertz CT molecular complexity index is 1050. The van der Waals surface area contributed by atoms with E-state index in [0.29, 0.717) is 5.56 Å². The molecule has 0 atom stereocenters. The minimum atomic E-state index is -0.493. The van der Waals surface area contributed by atoms with Crippen LogP contribution >= 0.6 is 11.8 Å². The number of pyridine rings is 1. The van der Waals surface area contributed by atoms with Gasteiger partial charge in [0, 0.05) is 11.5 Å². The number of carbonyl (C=O) groups is 1. The van der Waals surface area contributed by atoms with E-state index in [-0.39, 0.29) is 23.0 Å². The van der Waals surface area contributed by atoms with Gasteiger partial charge in [0.05, 0.1) is 21.2 Å². The first-order valence-electron chi connectivity index (χ1n) is 8.40. The molecule has 1 heterocycles. The lowest BCUT2D eigenvalue weighted by molar-refractivity contribution is -0.384. The largest absolute Gasteiger partial charge is 0.319 e. The standard InChI is InChI=1S/C20H19N3O3S/c1-12-6-4-8-15-14(3)10-18(22-19(12)15)27-11-17(24)21-20-13(2)7-5-9-16(20)23(25)26/h4-10H,11H2,1-3H3,(H,21,24). The SMILES string of the molecule is Cc1cccc([N+](=O)[O-])c1NC(=O)CSc1cc(C)c2cccc(C)c2n1. The van der Waals surface area contributed by atoms with Gasteiger partial charge in [0.1, 0.15) is 5.69 Å². The predicted molar refractivity (Wildman–Crippen MR) is 108 cm³/mol. The highest BCUT2D eigenvalue weighted by atomic mass is 32.2. The van der Waals surface area contributed by atoms with Crippen LogP contribution in [0.5, 0.6) is 0 Å². The second kappa shape index (κ2) is 7.75. The summed E-state index contributed by atoms with van der Waals surface area (Å²) in [7, 11) is 0. The van der Waals surface area contributed by atoms with Gasteiger partial charge in [0.25, 0.3) is 5.69 Å². The van der Waals surface area contributed by atoms with Gasteiger partial charge in [-0.1, -0.05) is 42.1 Å². The van der Waals surface area contributed by atoms with E-state index in [2.05, 4.69) is 10.3 Å². The fourth-order valence-electron chi connectivity index (χ4n) is 2.89. The molecule has 7 heteroatoms. The molecule has 3 rings (SSSR count). The van der Waals surface area contributed by atoms with Gasteiger partial charge in [-0.05, 0) is 43.5 Å². The Hall–Kier alpha value is -2.93. The number of benzene rings is 2. The minimum absolute atomic E-state index is 0.108. The highest BCUT2D eigenvalue weighted by molar-refractivity contribution is 7.99. The van der Waals surface area contributed by atoms with Crippen molar-refractivity contribution < 1.29 is 9.72 Å². The smallest absolute Gasteiger partial charge is 0.293 e. The molecule has 0 aliphatic heterocycles. The lowest BCUT2D eigenvalue weighted by atomic mass is 10.1. The molecule has 1 amide bonds. The number of rotatable bonds is 5. The molecule has 0 spiro atoms. The molecule has 27 heavy (non-hydrogen) atoms. The van der Waals surface area contributed by atoms with Gasteiger partial charge in [-0.2, -0.15) is 0 Å². The van der Waals surface area contributed by atoms with Crippen LogP contribution in [0.2, 0.25) is 0 Å². The molecule has 0 unspecified atom stereocenters. The first-order chi connectivity index (χ1) is 12.9. The third-order valence-corrected chi connectivity index (χ3v) is 5.20. The van der Waals surface area contributed by atoms with Crippen molar-refractivity contribution >= 4 is 39.9 Å². The Morgan fingerprint density at radius 2 is 1.81 bits per heavy atom. The third kappa shape index (κ3) is 4.09. The molecule has 2 aromatic carbocycles. The van der Waals surface area contributed by atoms with Crippen LogP contribution in [0.1, 0.15) is 16.7 Å². The van der Waals surface area contributed by atoms with Crippen molar-refractivity contribution in [3.8, 4) is 0 Å². The number of anilines is 1. The number of hydrogen-bond donors (Lipinski definition) is 1. The van der Waals surface area contributed by atoms with Crippen LogP contribution in [0.3, 0.4) is 0 Å². The van der Waals surface area contributed by atoms with Crippen molar-refractivity contribution in [2.24, 2.45) is 0 Å². The van der Waals surface area contributed by atoms with Gasteiger partial charge in [-0.15, -0.1) is 0 Å². The zero-order valence-electron chi connectivity index (χ0n) is 15.3. The quantitative estimate of drug-likeness (QED) is 0.390. The number of hydrogen-bond acceptors (Lipinski definition) is 5. The summed E-state index contributed by atoms with van der Waals surface area (Å²) in [5.41, 5.74) is 3.89. The zero-order valence-corrected chi connectivity index (χ0v) is 16.1. The first kappa shape index (κ1) is 18.8. The van der Waals surface area contributed by atoms with Gasteiger partial charge < -0.3 is 5.32 Å². The van der Waals surface area contributed by atoms with Crippen molar-refractivity contribution in [3.05, 3.63) is 69.3 Å². The molecule has 0 bridgehead atoms. The van der Waals surface area contributed by atoms with Crippen LogP contribution in [-0.2, 0) is 4.79 Å². The van der Waals surface area contributed by atoms with Crippen molar-refractivity contribution in [2.45, 2.75) is 25.8 Å². The molecule has 0 saturated heterocycles. The summed E-state index contributed by atoms with van der Waals surface area (Å²) in [5, 5.41) is 15.7. The Morgan fingerprint density at radius 1 is 1.11 bits per heavy atom. The number of nitro groups is 1. The second-order valence-electron chi connectivity index (χ2n) is 6.31. The molecule has 0 fully saturated rings. The van der Waals surface area contributed by atoms with E-state index in [9.17, 15) is 14.9 Å². The number of nitro benzene ring substituents is 1. The van der Waals surface area contributed by atoms with Gasteiger partial charge in [-0.3, -0.25) is 14.9 Å². The lowest BCUT2D eigenvalue weighted by Crippen LogP contribution is -2.16. The number of nitrogens with one attached hydrogen (secondary N) is 1. The molecule has 0 aliphatic rings. The molecular formula is C20H19N3O3S. The number of carbonyl (C=O) groups excluding carboxylic acids is 1. The number of fused-ring (bicyclic) bond motifs is 1. The number of amides is 1. The Labute approximate surface area is 161 Å². The van der Waals surface area contributed by atoms with E-state index in [4.69, 9.17) is 0 Å². The van der Waals surface area contributed by atoms with Gasteiger partial charge in [0.15, 0.2) is 0 Å². The third-order valence-electron chi connectivity index (χ3n) is 4.29. The average molecular weight is 381 g/mol. The number of aryl methyl sites for hydroxylation is 3. The lowest BCUT2D eigenvalue weighted by Gasteiger charge is -2.10. The van der Waals surface area contributed by atoms with Crippen molar-refractivity contribution in [3.63, 3.8) is 0 Å². The Kier molecular flexibility index (Phi) is 5.41. The van der Waals surface area contributed by atoms with E-state index >= 15 is 0 Å². The van der Waals surface area contributed by atoms with Gasteiger partial charge >= 0.3 is 0 Å². The summed E-state index contributed by atoms with van der Waals surface area (Å²) >= 11 is 1.31. The monoisotopic (exact) mass is 381 g/mol. The topological polar surface area (TPSA) is 85.1 Å². The first-order valence-corrected chi connectivity index (χ1v) is 9.39. The molecule has 3 aromatic rings. The maximum atomic E-state index is 12.3. The Balaban J connectivity index is 1.76. The minimum Gasteiger partial charge on any atom is -0.319 e. The number of para-hydroxylation sites is 2. The number of nitrogens with zero attached hydrogens (tertiary/aromatic N) is 2. The summed E-state index contributed by atoms with van der Waals surface area (Å²) in [6.07, 6.45) is 0.